The van der Waals surface area contributed by atoms with E-state index < -0.39 is 5.97 Å². The van der Waals surface area contributed by atoms with Gasteiger partial charge >= 0.3 is 5.97 Å². The molecule has 0 aliphatic heterocycles. The van der Waals surface area contributed by atoms with Crippen molar-refractivity contribution in [2.24, 2.45) is 0 Å². The summed E-state index contributed by atoms with van der Waals surface area (Å²) in [5.74, 6) is -1.13. The maximum Gasteiger partial charge on any atom is 0.347 e. The molecule has 116 valence electrons. The number of hydrogen-bond acceptors (Lipinski definition) is 5. The van der Waals surface area contributed by atoms with Crippen molar-refractivity contribution >= 4 is 28.9 Å². The zero-order chi connectivity index (χ0) is 16.1. The zero-order valence-corrected chi connectivity index (χ0v) is 13.2. The van der Waals surface area contributed by atoms with Gasteiger partial charge in [0.15, 0.2) is 0 Å². The maximum absolute atomic E-state index is 11.9. The number of aromatic nitrogens is 1. The Morgan fingerprint density at radius 3 is 2.59 bits per heavy atom. The molecular formula is C15H17N3O3S. The monoisotopic (exact) mass is 319 g/mol. The molecule has 0 saturated carbocycles. The Morgan fingerprint density at radius 2 is 2.00 bits per heavy atom. The molecule has 0 aliphatic carbocycles. The van der Waals surface area contributed by atoms with Crippen molar-refractivity contribution in [1.82, 2.24) is 10.3 Å². The second-order valence-corrected chi connectivity index (χ2v) is 5.88. The Morgan fingerprint density at radius 1 is 1.32 bits per heavy atom. The van der Waals surface area contributed by atoms with Gasteiger partial charge in [-0.2, -0.15) is 0 Å². The van der Waals surface area contributed by atoms with Crippen molar-refractivity contribution in [3.05, 3.63) is 45.9 Å². The number of hydrogen-bond donors (Lipinski definition) is 2. The van der Waals surface area contributed by atoms with Gasteiger partial charge in [-0.1, -0.05) is 18.2 Å². The molecule has 1 aromatic carbocycles. The van der Waals surface area contributed by atoms with E-state index in [1.807, 2.05) is 42.3 Å². The van der Waals surface area contributed by atoms with Crippen LogP contribution in [0, 0.1) is 6.92 Å². The molecule has 1 amide bonds. The number of aryl methyl sites for hydroxylation is 1. The van der Waals surface area contributed by atoms with Gasteiger partial charge in [-0.05, 0) is 19.1 Å². The van der Waals surface area contributed by atoms with Crippen molar-refractivity contribution in [3.8, 4) is 0 Å². The Balaban J connectivity index is 1.88. The highest BCUT2D eigenvalue weighted by Gasteiger charge is 2.14. The van der Waals surface area contributed by atoms with Crippen LogP contribution in [0.5, 0.6) is 0 Å². The number of carboxylic acids is 1. The van der Waals surface area contributed by atoms with Gasteiger partial charge in [0.1, 0.15) is 9.88 Å². The molecule has 1 heterocycles. The molecule has 0 atom stereocenters. The average Bonchev–Trinajstić information content (AvgIpc) is 2.87. The lowest BCUT2D eigenvalue weighted by Gasteiger charge is -2.18. The molecule has 0 radical (unpaired) electrons. The van der Waals surface area contributed by atoms with Gasteiger partial charge < -0.3 is 15.3 Å². The Kier molecular flexibility index (Phi) is 5.11. The molecule has 0 fully saturated rings. The number of thiazole rings is 1. The number of aromatic carboxylic acids is 1. The standard InChI is InChI=1S/C15H17N3O3S/c1-10-14(15(20)21)22-13(17-10)8-16-12(19)9-18(2)11-6-4-3-5-7-11/h3-7H,8-9H2,1-2H3,(H,16,19)(H,20,21). The highest BCUT2D eigenvalue weighted by atomic mass is 32.1. The number of para-hydroxylation sites is 1. The summed E-state index contributed by atoms with van der Waals surface area (Å²) in [7, 11) is 1.84. The molecule has 6 nitrogen and oxygen atoms in total. The number of benzene rings is 1. The van der Waals surface area contributed by atoms with E-state index in [9.17, 15) is 9.59 Å². The van der Waals surface area contributed by atoms with Crippen molar-refractivity contribution in [3.63, 3.8) is 0 Å². The van der Waals surface area contributed by atoms with E-state index in [-0.39, 0.29) is 23.9 Å². The number of rotatable bonds is 6. The number of nitrogens with zero attached hydrogens (tertiary/aromatic N) is 2. The Labute approximate surface area is 132 Å². The second-order valence-electron chi connectivity index (χ2n) is 4.80. The van der Waals surface area contributed by atoms with Crippen molar-refractivity contribution < 1.29 is 14.7 Å². The molecule has 7 heteroatoms. The summed E-state index contributed by atoms with van der Waals surface area (Å²) >= 11 is 1.09. The van der Waals surface area contributed by atoms with E-state index in [0.29, 0.717) is 10.7 Å². The second kappa shape index (κ2) is 7.04. The first-order chi connectivity index (χ1) is 10.5. The molecule has 1 aromatic heterocycles. The minimum atomic E-state index is -0.989. The van der Waals surface area contributed by atoms with Gasteiger partial charge in [-0.15, -0.1) is 11.3 Å². The average molecular weight is 319 g/mol. The predicted octanol–water partition coefficient (Wildman–Crippen LogP) is 1.90. The number of carbonyl (C=O) groups excluding carboxylic acids is 1. The smallest absolute Gasteiger partial charge is 0.347 e. The molecule has 0 saturated heterocycles. The summed E-state index contributed by atoms with van der Waals surface area (Å²) < 4.78 is 0. The minimum absolute atomic E-state index is 0.143. The van der Waals surface area contributed by atoms with Gasteiger partial charge in [-0.3, -0.25) is 4.79 Å². The van der Waals surface area contributed by atoms with Crippen molar-refractivity contribution in [2.75, 3.05) is 18.5 Å². The number of carboxylic acid groups (broad SMARTS) is 1. The molecule has 2 N–H and O–H groups in total. The lowest BCUT2D eigenvalue weighted by atomic mass is 10.3. The normalized spacial score (nSPS) is 10.3. The molecular weight excluding hydrogens is 302 g/mol. The fraction of sp³-hybridized carbons (Fsp3) is 0.267. The molecule has 0 bridgehead atoms. The number of anilines is 1. The summed E-state index contributed by atoms with van der Waals surface area (Å²) in [5.41, 5.74) is 1.43. The topological polar surface area (TPSA) is 82.5 Å². The first-order valence-electron chi connectivity index (χ1n) is 6.70. The minimum Gasteiger partial charge on any atom is -0.477 e. The fourth-order valence-corrected chi connectivity index (χ4v) is 2.79. The summed E-state index contributed by atoms with van der Waals surface area (Å²) in [6, 6.07) is 9.60. The molecule has 2 aromatic rings. The lowest BCUT2D eigenvalue weighted by Crippen LogP contribution is -2.34. The SMILES string of the molecule is Cc1nc(CNC(=O)CN(C)c2ccccc2)sc1C(=O)O. The largest absolute Gasteiger partial charge is 0.477 e. The Bertz CT molecular complexity index is 670. The van der Waals surface area contributed by atoms with Crippen LogP contribution < -0.4 is 10.2 Å². The highest BCUT2D eigenvalue weighted by Crippen LogP contribution is 2.17. The van der Waals surface area contributed by atoms with Crippen molar-refractivity contribution in [2.45, 2.75) is 13.5 Å². The van der Waals surface area contributed by atoms with Gasteiger partial charge in [-0.25, -0.2) is 9.78 Å². The van der Waals surface area contributed by atoms with Gasteiger partial charge in [0.25, 0.3) is 0 Å². The van der Waals surface area contributed by atoms with Crippen molar-refractivity contribution in [1.29, 1.82) is 0 Å². The van der Waals surface area contributed by atoms with Crippen LogP contribution in [0.25, 0.3) is 0 Å². The maximum atomic E-state index is 11.9. The lowest BCUT2D eigenvalue weighted by molar-refractivity contribution is -0.119. The third kappa shape index (κ3) is 4.05. The number of likely N-dealkylation sites (N-methyl/N-ethyl adjacent to an activating group) is 1. The molecule has 22 heavy (non-hydrogen) atoms. The zero-order valence-electron chi connectivity index (χ0n) is 12.4. The summed E-state index contributed by atoms with van der Waals surface area (Å²) in [6.07, 6.45) is 0. The Hall–Kier alpha value is -2.41. The number of carbonyl (C=O) groups is 2. The van der Waals surface area contributed by atoms with Crippen LogP contribution in [-0.2, 0) is 11.3 Å². The van der Waals surface area contributed by atoms with Crippen LogP contribution in [0.2, 0.25) is 0 Å². The van der Waals surface area contributed by atoms with Crippen LogP contribution in [0.4, 0.5) is 5.69 Å². The van der Waals surface area contributed by atoms with Crippen LogP contribution in [0.3, 0.4) is 0 Å². The summed E-state index contributed by atoms with van der Waals surface area (Å²) in [5, 5.41) is 12.3. The molecule has 0 unspecified atom stereocenters. The van der Waals surface area contributed by atoms with E-state index in [4.69, 9.17) is 5.11 Å². The van der Waals surface area contributed by atoms with E-state index in [0.717, 1.165) is 17.0 Å². The quantitative estimate of drug-likeness (QED) is 0.850. The molecule has 2 rings (SSSR count). The van der Waals surface area contributed by atoms with Gasteiger partial charge in [0.05, 0.1) is 18.8 Å². The van der Waals surface area contributed by atoms with E-state index in [2.05, 4.69) is 10.3 Å². The molecule has 0 aliphatic rings. The first-order valence-corrected chi connectivity index (χ1v) is 7.51. The molecule has 0 spiro atoms. The predicted molar refractivity (Wildman–Crippen MR) is 85.4 cm³/mol. The third-order valence-corrected chi connectivity index (χ3v) is 4.20. The fourth-order valence-electron chi connectivity index (χ4n) is 1.95. The highest BCUT2D eigenvalue weighted by molar-refractivity contribution is 7.13. The summed E-state index contributed by atoms with van der Waals surface area (Å²) in [4.78, 5) is 29.1. The van der Waals surface area contributed by atoms with E-state index >= 15 is 0 Å². The van der Waals surface area contributed by atoms with Gasteiger partial charge in [0.2, 0.25) is 5.91 Å². The van der Waals surface area contributed by atoms with Crippen LogP contribution in [0.1, 0.15) is 20.4 Å². The van der Waals surface area contributed by atoms with E-state index in [1.54, 1.807) is 6.92 Å². The third-order valence-electron chi connectivity index (χ3n) is 3.05. The number of amides is 1. The van der Waals surface area contributed by atoms with Crippen LogP contribution >= 0.6 is 11.3 Å². The van der Waals surface area contributed by atoms with E-state index in [1.165, 1.54) is 0 Å². The van der Waals surface area contributed by atoms with Crippen LogP contribution in [-0.4, -0.2) is 35.6 Å². The first kappa shape index (κ1) is 16.0. The van der Waals surface area contributed by atoms with Gasteiger partial charge in [0, 0.05) is 12.7 Å². The number of nitrogens with one attached hydrogen (secondary N) is 1. The summed E-state index contributed by atoms with van der Waals surface area (Å²) in [6.45, 7) is 2.11. The van der Waals surface area contributed by atoms with Crippen LogP contribution in [0.15, 0.2) is 30.3 Å².